The number of hydrogen-bond acceptors (Lipinski definition) is 3. The highest BCUT2D eigenvalue weighted by atomic mass is 35.5. The van der Waals surface area contributed by atoms with E-state index in [9.17, 15) is 0 Å². The summed E-state index contributed by atoms with van der Waals surface area (Å²) in [5, 5.41) is 3.36. The first-order valence-electron chi connectivity index (χ1n) is 4.91. The molecule has 2 atom stereocenters. The van der Waals surface area contributed by atoms with Crippen molar-refractivity contribution < 1.29 is 4.74 Å². The van der Waals surface area contributed by atoms with E-state index >= 15 is 0 Å². The fourth-order valence-corrected chi connectivity index (χ4v) is 2.16. The fraction of sp³-hybridized carbons (Fsp3) is 1.00. The summed E-state index contributed by atoms with van der Waals surface area (Å²) in [4.78, 5) is 2.45. The molecule has 2 aliphatic heterocycles. The molecule has 0 amide bonds. The average molecular weight is 207 g/mol. The van der Waals surface area contributed by atoms with Gasteiger partial charge in [-0.15, -0.1) is 12.4 Å². The van der Waals surface area contributed by atoms with Gasteiger partial charge in [-0.1, -0.05) is 0 Å². The quantitative estimate of drug-likeness (QED) is 0.725. The molecule has 0 aromatic carbocycles. The van der Waals surface area contributed by atoms with Gasteiger partial charge in [0.15, 0.2) is 0 Å². The molecule has 2 heterocycles. The smallest absolute Gasteiger partial charge is 0.109 e. The van der Waals surface area contributed by atoms with E-state index in [4.69, 9.17) is 4.74 Å². The van der Waals surface area contributed by atoms with Crippen LogP contribution in [0.4, 0.5) is 0 Å². The van der Waals surface area contributed by atoms with Crippen molar-refractivity contribution in [2.75, 3.05) is 26.7 Å². The van der Waals surface area contributed by atoms with Crippen LogP contribution in [0.3, 0.4) is 0 Å². The van der Waals surface area contributed by atoms with E-state index in [0.717, 1.165) is 25.6 Å². The van der Waals surface area contributed by atoms with E-state index in [0.29, 0.717) is 6.23 Å². The van der Waals surface area contributed by atoms with Gasteiger partial charge in [-0.25, -0.2) is 0 Å². The number of rotatable bonds is 2. The number of halogens is 1. The maximum Gasteiger partial charge on any atom is 0.109 e. The second kappa shape index (κ2) is 5.15. The minimum Gasteiger partial charge on any atom is -0.362 e. The third kappa shape index (κ3) is 2.81. The molecular formula is C9H19ClN2O. The molecule has 2 unspecified atom stereocenters. The van der Waals surface area contributed by atoms with Crippen LogP contribution in [0.25, 0.3) is 0 Å². The topological polar surface area (TPSA) is 24.5 Å². The Bertz CT molecular complexity index is 151. The van der Waals surface area contributed by atoms with Crippen molar-refractivity contribution in [1.82, 2.24) is 10.2 Å². The largest absolute Gasteiger partial charge is 0.362 e. The van der Waals surface area contributed by atoms with E-state index in [2.05, 4.69) is 17.3 Å². The zero-order valence-electron chi connectivity index (χ0n) is 8.16. The van der Waals surface area contributed by atoms with Crippen LogP contribution in [0.15, 0.2) is 0 Å². The standard InChI is InChI=1S/C9H18N2O.ClH/c1-11-5-2-3-8(11)7-9-10-4-6-12-9;/h8-10H,2-7H2,1H3;1H. The first-order chi connectivity index (χ1) is 5.86. The molecule has 0 aliphatic carbocycles. The van der Waals surface area contributed by atoms with Gasteiger partial charge in [0.2, 0.25) is 0 Å². The predicted octanol–water partition coefficient (Wildman–Crippen LogP) is 0.838. The monoisotopic (exact) mass is 206 g/mol. The predicted molar refractivity (Wildman–Crippen MR) is 55.3 cm³/mol. The Labute approximate surface area is 86.2 Å². The normalized spacial score (nSPS) is 34.8. The highest BCUT2D eigenvalue weighted by molar-refractivity contribution is 5.85. The van der Waals surface area contributed by atoms with Crippen molar-refractivity contribution in [3.63, 3.8) is 0 Å². The van der Waals surface area contributed by atoms with Gasteiger partial charge in [0.1, 0.15) is 6.23 Å². The van der Waals surface area contributed by atoms with Crippen molar-refractivity contribution in [3.8, 4) is 0 Å². The molecule has 0 radical (unpaired) electrons. The summed E-state index contributed by atoms with van der Waals surface area (Å²) in [6.07, 6.45) is 4.19. The van der Waals surface area contributed by atoms with Crippen LogP contribution in [0.1, 0.15) is 19.3 Å². The van der Waals surface area contributed by atoms with Crippen LogP contribution in [0.5, 0.6) is 0 Å². The first-order valence-corrected chi connectivity index (χ1v) is 4.91. The summed E-state index contributed by atoms with van der Waals surface area (Å²) in [6, 6.07) is 0.751. The summed E-state index contributed by atoms with van der Waals surface area (Å²) in [6.45, 7) is 3.18. The molecule has 0 aromatic heterocycles. The highest BCUT2D eigenvalue weighted by Gasteiger charge is 2.26. The molecule has 4 heteroatoms. The molecule has 2 fully saturated rings. The Morgan fingerprint density at radius 2 is 2.38 bits per heavy atom. The molecule has 3 nitrogen and oxygen atoms in total. The van der Waals surface area contributed by atoms with Crippen LogP contribution in [-0.4, -0.2) is 43.9 Å². The Balaban J connectivity index is 0.000000845. The minimum absolute atomic E-state index is 0. The molecular weight excluding hydrogens is 188 g/mol. The van der Waals surface area contributed by atoms with E-state index in [1.807, 2.05) is 0 Å². The SMILES string of the molecule is CN1CCCC1CC1NCCO1.Cl. The highest BCUT2D eigenvalue weighted by Crippen LogP contribution is 2.20. The van der Waals surface area contributed by atoms with Gasteiger partial charge in [-0.2, -0.15) is 0 Å². The lowest BCUT2D eigenvalue weighted by Crippen LogP contribution is -2.33. The molecule has 1 N–H and O–H groups in total. The van der Waals surface area contributed by atoms with E-state index < -0.39 is 0 Å². The maximum atomic E-state index is 5.53. The van der Waals surface area contributed by atoms with Gasteiger partial charge in [-0.3, -0.25) is 5.32 Å². The molecule has 0 aromatic rings. The summed E-state index contributed by atoms with van der Waals surface area (Å²) >= 11 is 0. The fourth-order valence-electron chi connectivity index (χ4n) is 2.16. The second-order valence-electron chi connectivity index (χ2n) is 3.83. The minimum atomic E-state index is 0. The lowest BCUT2D eigenvalue weighted by atomic mass is 10.1. The Hall–Kier alpha value is 0.170. The maximum absolute atomic E-state index is 5.53. The first kappa shape index (κ1) is 11.2. The van der Waals surface area contributed by atoms with Gasteiger partial charge in [0.25, 0.3) is 0 Å². The third-order valence-electron chi connectivity index (χ3n) is 2.95. The number of nitrogens with one attached hydrogen (secondary N) is 1. The third-order valence-corrected chi connectivity index (χ3v) is 2.95. The van der Waals surface area contributed by atoms with Crippen LogP contribution in [0, 0.1) is 0 Å². The second-order valence-corrected chi connectivity index (χ2v) is 3.83. The van der Waals surface area contributed by atoms with Crippen LogP contribution < -0.4 is 5.32 Å². The Morgan fingerprint density at radius 1 is 1.54 bits per heavy atom. The molecule has 2 aliphatic rings. The van der Waals surface area contributed by atoms with E-state index in [-0.39, 0.29) is 12.4 Å². The lowest BCUT2D eigenvalue weighted by molar-refractivity contribution is 0.0738. The molecule has 2 rings (SSSR count). The summed E-state index contributed by atoms with van der Waals surface area (Å²) in [5.74, 6) is 0. The molecule has 78 valence electrons. The van der Waals surface area contributed by atoms with Gasteiger partial charge in [0.05, 0.1) is 6.61 Å². The van der Waals surface area contributed by atoms with Crippen LogP contribution in [-0.2, 0) is 4.74 Å². The number of likely N-dealkylation sites (tertiary alicyclic amines) is 1. The molecule has 0 bridgehead atoms. The Morgan fingerprint density at radius 3 is 2.92 bits per heavy atom. The summed E-state index contributed by atoms with van der Waals surface area (Å²) in [7, 11) is 2.21. The van der Waals surface area contributed by atoms with Crippen molar-refractivity contribution in [1.29, 1.82) is 0 Å². The van der Waals surface area contributed by atoms with Gasteiger partial charge in [-0.05, 0) is 26.4 Å². The zero-order valence-corrected chi connectivity index (χ0v) is 8.98. The van der Waals surface area contributed by atoms with Crippen molar-refractivity contribution in [2.45, 2.75) is 31.5 Å². The van der Waals surface area contributed by atoms with Gasteiger partial charge >= 0.3 is 0 Å². The van der Waals surface area contributed by atoms with Gasteiger partial charge < -0.3 is 9.64 Å². The van der Waals surface area contributed by atoms with E-state index in [1.54, 1.807) is 0 Å². The van der Waals surface area contributed by atoms with Crippen LogP contribution >= 0.6 is 12.4 Å². The van der Waals surface area contributed by atoms with Crippen molar-refractivity contribution in [3.05, 3.63) is 0 Å². The summed E-state index contributed by atoms with van der Waals surface area (Å²) < 4.78 is 5.53. The number of nitrogens with zero attached hydrogens (tertiary/aromatic N) is 1. The van der Waals surface area contributed by atoms with Crippen molar-refractivity contribution in [2.24, 2.45) is 0 Å². The lowest BCUT2D eigenvalue weighted by Gasteiger charge is -2.22. The summed E-state index contributed by atoms with van der Waals surface area (Å²) in [5.41, 5.74) is 0. The number of ether oxygens (including phenoxy) is 1. The molecule has 13 heavy (non-hydrogen) atoms. The van der Waals surface area contributed by atoms with Crippen molar-refractivity contribution >= 4 is 12.4 Å². The zero-order chi connectivity index (χ0) is 8.39. The van der Waals surface area contributed by atoms with Gasteiger partial charge in [0, 0.05) is 19.0 Å². The average Bonchev–Trinajstić information content (AvgIpc) is 2.65. The Kier molecular flexibility index (Phi) is 4.46. The number of hydrogen-bond donors (Lipinski definition) is 1. The van der Waals surface area contributed by atoms with Crippen LogP contribution in [0.2, 0.25) is 0 Å². The van der Waals surface area contributed by atoms with E-state index in [1.165, 1.54) is 19.4 Å². The molecule has 2 saturated heterocycles. The molecule has 0 saturated carbocycles. The molecule has 0 spiro atoms.